The van der Waals surface area contributed by atoms with E-state index in [9.17, 15) is 9.59 Å². The number of hydrogen-bond acceptors (Lipinski definition) is 5. The lowest BCUT2D eigenvalue weighted by atomic mass is 10.2. The average Bonchev–Trinajstić information content (AvgIpc) is 3.21. The number of thioether (sulfide) groups is 1. The molecule has 0 radical (unpaired) electrons. The van der Waals surface area contributed by atoms with Crippen LogP contribution in [0.4, 0.5) is 0 Å². The van der Waals surface area contributed by atoms with Crippen molar-refractivity contribution in [1.82, 2.24) is 25.1 Å². The van der Waals surface area contributed by atoms with Crippen molar-refractivity contribution in [2.45, 2.75) is 11.7 Å². The van der Waals surface area contributed by atoms with Crippen LogP contribution in [-0.4, -0.2) is 31.4 Å². The number of nitrogens with one attached hydrogen (secondary N) is 2. The predicted octanol–water partition coefficient (Wildman–Crippen LogP) is 3.17. The van der Waals surface area contributed by atoms with Gasteiger partial charge >= 0.3 is 0 Å². The maximum absolute atomic E-state index is 12.9. The molecule has 0 saturated carbocycles. The summed E-state index contributed by atoms with van der Waals surface area (Å²) in [5.74, 6) is -0.0860. The van der Waals surface area contributed by atoms with Crippen molar-refractivity contribution in [3.05, 3.63) is 81.7 Å². The number of aromatic amines is 1. The summed E-state index contributed by atoms with van der Waals surface area (Å²) in [5, 5.41) is 10.9. The van der Waals surface area contributed by atoms with E-state index in [4.69, 9.17) is 11.6 Å². The van der Waals surface area contributed by atoms with Crippen LogP contribution in [0.25, 0.3) is 16.7 Å². The smallest absolute Gasteiger partial charge is 0.269 e. The van der Waals surface area contributed by atoms with Gasteiger partial charge in [-0.25, -0.2) is 4.98 Å². The van der Waals surface area contributed by atoms with Crippen molar-refractivity contribution in [3.63, 3.8) is 0 Å². The quantitative estimate of drug-likeness (QED) is 0.365. The fourth-order valence-electron chi connectivity index (χ4n) is 2.79. The Morgan fingerprint density at radius 1 is 1.14 bits per heavy atom. The van der Waals surface area contributed by atoms with E-state index in [-0.39, 0.29) is 17.2 Å². The zero-order valence-corrected chi connectivity index (χ0v) is 16.7. The molecule has 9 heteroatoms. The third-order valence-corrected chi connectivity index (χ3v) is 5.54. The van der Waals surface area contributed by atoms with Gasteiger partial charge in [-0.05, 0) is 23.8 Å². The number of fused-ring (bicyclic) bond motifs is 1. The van der Waals surface area contributed by atoms with Crippen LogP contribution >= 0.6 is 23.4 Å². The number of nitrogens with zero attached hydrogens (tertiary/aromatic N) is 3. The summed E-state index contributed by atoms with van der Waals surface area (Å²) < 4.78 is 1.49. The third-order valence-electron chi connectivity index (χ3n) is 4.23. The number of H-pyrrole nitrogens is 1. The average molecular weight is 426 g/mol. The van der Waals surface area contributed by atoms with Gasteiger partial charge in [-0.1, -0.05) is 59.8 Å². The van der Waals surface area contributed by atoms with E-state index < -0.39 is 0 Å². The summed E-state index contributed by atoms with van der Waals surface area (Å²) >= 11 is 7.30. The van der Waals surface area contributed by atoms with Gasteiger partial charge in [0, 0.05) is 11.6 Å². The Morgan fingerprint density at radius 3 is 2.69 bits per heavy atom. The molecule has 2 aromatic carbocycles. The van der Waals surface area contributed by atoms with Crippen molar-refractivity contribution in [2.75, 3.05) is 5.75 Å². The molecule has 0 saturated heterocycles. The Morgan fingerprint density at radius 2 is 1.90 bits per heavy atom. The first-order valence-corrected chi connectivity index (χ1v) is 10.1. The Balaban J connectivity index is 1.55. The first-order valence-electron chi connectivity index (χ1n) is 8.78. The second kappa shape index (κ2) is 8.50. The highest BCUT2D eigenvalue weighted by atomic mass is 35.5. The summed E-state index contributed by atoms with van der Waals surface area (Å²) in [6.07, 6.45) is 1.45. The molecule has 0 bridgehead atoms. The molecule has 0 unspecified atom stereocenters. The third kappa shape index (κ3) is 4.18. The summed E-state index contributed by atoms with van der Waals surface area (Å²) in [4.78, 5) is 29.8. The molecule has 7 nitrogen and oxygen atoms in total. The van der Waals surface area contributed by atoms with Crippen molar-refractivity contribution in [3.8, 4) is 5.69 Å². The van der Waals surface area contributed by atoms with Gasteiger partial charge in [0.15, 0.2) is 10.8 Å². The fourth-order valence-corrected chi connectivity index (χ4v) is 3.83. The minimum absolute atomic E-state index is 0.101. The Kier molecular flexibility index (Phi) is 5.64. The number of carbonyl (C=O) groups excluding carboxylic acids is 1. The summed E-state index contributed by atoms with van der Waals surface area (Å²) in [7, 11) is 0. The van der Waals surface area contributed by atoms with Gasteiger partial charge in [0.2, 0.25) is 5.91 Å². The molecule has 2 N–H and O–H groups in total. The molecule has 146 valence electrons. The molecular formula is C20H16ClN5O2S. The minimum atomic E-state index is -0.242. The zero-order chi connectivity index (χ0) is 20.2. The highest BCUT2D eigenvalue weighted by Crippen LogP contribution is 2.20. The van der Waals surface area contributed by atoms with Crippen LogP contribution in [0, 0.1) is 0 Å². The fraction of sp³-hybridized carbons (Fsp3) is 0.100. The Labute approximate surface area is 175 Å². The Bertz CT molecular complexity index is 1220. The minimum Gasteiger partial charge on any atom is -0.351 e. The molecule has 4 rings (SSSR count). The van der Waals surface area contributed by atoms with E-state index in [1.165, 1.54) is 22.5 Å². The number of hydrogen-bond donors (Lipinski definition) is 2. The van der Waals surface area contributed by atoms with E-state index in [1.807, 2.05) is 48.5 Å². The van der Waals surface area contributed by atoms with Crippen molar-refractivity contribution in [1.29, 1.82) is 0 Å². The van der Waals surface area contributed by atoms with Crippen LogP contribution < -0.4 is 10.9 Å². The summed E-state index contributed by atoms with van der Waals surface area (Å²) in [6.45, 7) is 0.331. The first-order chi connectivity index (χ1) is 14.1. The lowest BCUT2D eigenvalue weighted by Crippen LogP contribution is -2.26. The lowest BCUT2D eigenvalue weighted by molar-refractivity contribution is -0.118. The number of benzene rings is 2. The maximum atomic E-state index is 12.9. The number of para-hydroxylation sites is 1. The number of amides is 1. The predicted molar refractivity (Wildman–Crippen MR) is 114 cm³/mol. The van der Waals surface area contributed by atoms with Crippen molar-refractivity contribution < 1.29 is 4.79 Å². The Hall–Kier alpha value is -3.10. The molecule has 0 aliphatic rings. The number of halogens is 1. The van der Waals surface area contributed by atoms with Crippen LogP contribution in [0.1, 0.15) is 5.56 Å². The molecule has 0 fully saturated rings. The maximum Gasteiger partial charge on any atom is 0.269 e. The second-order valence-corrected chi connectivity index (χ2v) is 7.51. The van der Waals surface area contributed by atoms with Crippen molar-refractivity contribution in [2.24, 2.45) is 0 Å². The highest BCUT2D eigenvalue weighted by Gasteiger charge is 2.16. The van der Waals surface area contributed by atoms with E-state index >= 15 is 0 Å². The van der Waals surface area contributed by atoms with Gasteiger partial charge in [0.25, 0.3) is 5.56 Å². The number of rotatable bonds is 6. The van der Waals surface area contributed by atoms with Gasteiger partial charge in [-0.15, -0.1) is 0 Å². The van der Waals surface area contributed by atoms with Gasteiger partial charge in [-0.2, -0.15) is 5.10 Å². The molecule has 0 spiro atoms. The van der Waals surface area contributed by atoms with Crippen molar-refractivity contribution >= 4 is 40.3 Å². The number of carbonyl (C=O) groups is 1. The van der Waals surface area contributed by atoms with Gasteiger partial charge < -0.3 is 5.32 Å². The van der Waals surface area contributed by atoms with Crippen LogP contribution in [0.2, 0.25) is 5.02 Å². The van der Waals surface area contributed by atoms with Gasteiger partial charge in [0.05, 0.1) is 17.6 Å². The normalized spacial score (nSPS) is 10.9. The van der Waals surface area contributed by atoms with Crippen LogP contribution in [0.15, 0.2) is 70.7 Å². The molecule has 0 aliphatic heterocycles. The first kappa shape index (κ1) is 19.2. The number of aromatic nitrogens is 4. The molecular weight excluding hydrogens is 410 g/mol. The molecule has 1 amide bonds. The zero-order valence-electron chi connectivity index (χ0n) is 15.1. The van der Waals surface area contributed by atoms with E-state index in [1.54, 1.807) is 6.07 Å². The van der Waals surface area contributed by atoms with E-state index in [0.717, 1.165) is 5.56 Å². The van der Waals surface area contributed by atoms with Crippen LogP contribution in [-0.2, 0) is 11.3 Å². The standard InChI is InChI=1S/C20H16ClN5O2S/c21-16-9-5-4-6-13(16)10-22-17(27)12-29-20-24-18-15(11-23-25-18)19(28)26(20)14-7-2-1-3-8-14/h1-9,11H,10,12H2,(H,22,27)(H,23,25). The summed E-state index contributed by atoms with van der Waals surface area (Å²) in [6, 6.07) is 16.5. The van der Waals surface area contributed by atoms with E-state index in [2.05, 4.69) is 20.5 Å². The molecule has 0 atom stereocenters. The molecule has 29 heavy (non-hydrogen) atoms. The topological polar surface area (TPSA) is 92.7 Å². The largest absolute Gasteiger partial charge is 0.351 e. The molecule has 0 aliphatic carbocycles. The SMILES string of the molecule is O=C(CSc1nc2[nH]ncc2c(=O)n1-c1ccccc1)NCc1ccccc1Cl. The van der Waals surface area contributed by atoms with Gasteiger partial charge in [0.1, 0.15) is 5.39 Å². The monoisotopic (exact) mass is 425 g/mol. The lowest BCUT2D eigenvalue weighted by Gasteiger charge is -2.12. The van der Waals surface area contributed by atoms with E-state index in [0.29, 0.717) is 33.4 Å². The molecule has 4 aromatic rings. The van der Waals surface area contributed by atoms with Gasteiger partial charge in [-0.3, -0.25) is 19.3 Å². The highest BCUT2D eigenvalue weighted by molar-refractivity contribution is 7.99. The van der Waals surface area contributed by atoms with Crippen LogP contribution in [0.5, 0.6) is 0 Å². The molecule has 2 aromatic heterocycles. The molecule has 2 heterocycles. The summed E-state index contributed by atoms with van der Waals surface area (Å²) in [5.41, 5.74) is 1.66. The second-order valence-electron chi connectivity index (χ2n) is 6.16. The van der Waals surface area contributed by atoms with Crippen LogP contribution in [0.3, 0.4) is 0 Å².